The van der Waals surface area contributed by atoms with Crippen LogP contribution in [0.4, 0.5) is 17.1 Å². The molecule has 4 fully saturated rings. The number of amides is 5. The molecule has 3 aromatic rings. The van der Waals surface area contributed by atoms with Crippen molar-refractivity contribution in [3.05, 3.63) is 131 Å². The van der Waals surface area contributed by atoms with Gasteiger partial charge in [0.05, 0.1) is 37.6 Å². The Bertz CT molecular complexity index is 2550. The average molecular weight is 1090 g/mol. The van der Waals surface area contributed by atoms with Gasteiger partial charge in [-0.3, -0.25) is 69.7 Å². The van der Waals surface area contributed by atoms with Gasteiger partial charge in [-0.1, -0.05) is 115 Å². The number of ketones is 1. The molecular weight excluding hydrogens is 1020 g/mol. The van der Waals surface area contributed by atoms with E-state index in [1.165, 1.54) is 60.7 Å². The molecule has 18 nitrogen and oxygen atoms in total. The molecule has 3 aliphatic heterocycles. The lowest BCUT2D eigenvalue weighted by Gasteiger charge is -2.48. The maximum absolute atomic E-state index is 12.6. The summed E-state index contributed by atoms with van der Waals surface area (Å²) in [5.41, 5.74) is 2.11. The lowest BCUT2D eigenvalue weighted by Crippen LogP contribution is -2.54. The van der Waals surface area contributed by atoms with E-state index < -0.39 is 30.3 Å². The molecule has 8 rings (SSSR count). The summed E-state index contributed by atoms with van der Waals surface area (Å²) in [5, 5.41) is 40.8. The second-order valence-electron chi connectivity index (χ2n) is 19.4. The molecule has 2 saturated carbocycles. The van der Waals surface area contributed by atoms with Crippen LogP contribution < -0.4 is 16.0 Å². The Balaban J connectivity index is 0.000000183. The molecule has 21 heteroatoms. The molecule has 2 saturated heterocycles. The molecule has 5 aliphatic rings. The second kappa shape index (κ2) is 27.2. The van der Waals surface area contributed by atoms with Gasteiger partial charge >= 0.3 is 0 Å². The molecule has 75 heavy (non-hydrogen) atoms. The lowest BCUT2D eigenvalue weighted by atomic mass is 9.62. The number of fused-ring (bicyclic) bond motifs is 2. The van der Waals surface area contributed by atoms with E-state index in [2.05, 4.69) is 36.7 Å². The van der Waals surface area contributed by atoms with E-state index in [4.69, 9.17) is 0 Å². The van der Waals surface area contributed by atoms with Crippen molar-refractivity contribution in [2.45, 2.75) is 144 Å². The molecule has 7 atom stereocenters. The Morgan fingerprint density at radius 2 is 0.933 bits per heavy atom. The van der Waals surface area contributed by atoms with Crippen LogP contribution in [-0.4, -0.2) is 76.8 Å². The summed E-state index contributed by atoms with van der Waals surface area (Å²) in [6.07, 6.45) is 15.9. The van der Waals surface area contributed by atoms with Crippen molar-refractivity contribution in [3.8, 4) is 0 Å². The minimum absolute atomic E-state index is 0.0220. The Morgan fingerprint density at radius 3 is 1.33 bits per heavy atom. The Morgan fingerprint density at radius 1 is 0.533 bits per heavy atom. The Labute approximate surface area is 449 Å². The van der Waals surface area contributed by atoms with Crippen LogP contribution in [0, 0.1) is 42.2 Å². The molecule has 0 spiro atoms. The predicted molar refractivity (Wildman–Crippen MR) is 291 cm³/mol. The van der Waals surface area contributed by atoms with Gasteiger partial charge < -0.3 is 5.32 Å². The SMILES string of the molecule is CCCCCCSC1=CC(=O)CC(c2cccc([N+](=O)[O-])c2)NC1=O.CCCCCCS[C@]12C(=O)NC(=O)[C@H]1C[C@@H]2c1cccc([N+](=O)[O-])c1.CCCCCCS[C@]12C(=O)NC(=O)[C@H]1C[C@H]2c1cccc([N+](=O)[O-])c1. The van der Waals surface area contributed by atoms with E-state index in [0.717, 1.165) is 99.0 Å². The van der Waals surface area contributed by atoms with E-state index in [-0.39, 0.29) is 82.5 Å². The van der Waals surface area contributed by atoms with Crippen molar-refractivity contribution in [3.63, 3.8) is 0 Å². The maximum atomic E-state index is 12.6. The molecule has 2 aliphatic carbocycles. The van der Waals surface area contributed by atoms with E-state index in [0.29, 0.717) is 23.3 Å². The number of thioether (sulfide) groups is 3. The first-order valence-electron chi connectivity index (χ1n) is 25.9. The van der Waals surface area contributed by atoms with Crippen molar-refractivity contribution >= 4 is 87.7 Å². The van der Waals surface area contributed by atoms with Gasteiger partial charge in [0.25, 0.3) is 23.0 Å². The van der Waals surface area contributed by atoms with Crippen LogP contribution in [0.2, 0.25) is 0 Å². The highest BCUT2D eigenvalue weighted by Crippen LogP contribution is 2.62. The van der Waals surface area contributed by atoms with Crippen LogP contribution in [0.15, 0.2) is 83.8 Å². The standard InChI is InChI=1S/3C18H22N2O4S/c2*1-2-3-4-5-9-25-18-14(11-15(18)16(21)19-17(18)22)12-7-6-8-13(10-12)20(23)24;1-2-3-4-5-9-25-17-12-15(21)11-16(19-18(17)22)13-7-6-8-14(10-13)20(23)24/h2*6-8,10,14-15H,2-5,9,11H2,1H3,(H,19,21,22);6-8,10,12,16H,2-5,9,11H2,1H3,(H,19,22)/t14-,15+,18-;14-,15-,18+;/m01./s1. The molecule has 3 aromatic carbocycles. The topological polar surface area (TPSA) is 268 Å². The van der Waals surface area contributed by atoms with Gasteiger partial charge in [-0.15, -0.1) is 35.3 Å². The Hall–Kier alpha value is -5.93. The van der Waals surface area contributed by atoms with E-state index in [9.17, 15) is 59.1 Å². The third-order valence-electron chi connectivity index (χ3n) is 14.4. The van der Waals surface area contributed by atoms with Crippen molar-refractivity contribution in [2.75, 3.05) is 17.3 Å². The second-order valence-corrected chi connectivity index (χ2v) is 23.3. The number of benzene rings is 3. The quantitative estimate of drug-likeness (QED) is 0.0326. The van der Waals surface area contributed by atoms with Gasteiger partial charge in [-0.25, -0.2) is 0 Å². The fraction of sp³-hybridized carbons (Fsp3) is 0.519. The molecular formula is C54H66N6O12S3. The van der Waals surface area contributed by atoms with Crippen molar-refractivity contribution in [1.82, 2.24) is 16.0 Å². The fourth-order valence-electron chi connectivity index (χ4n) is 10.3. The largest absolute Gasteiger partial charge is 0.344 e. The van der Waals surface area contributed by atoms with Crippen LogP contribution in [0.1, 0.15) is 152 Å². The first-order valence-corrected chi connectivity index (χ1v) is 28.9. The number of non-ortho nitro benzene ring substituents is 3. The number of nitrogens with zero attached hydrogens (tertiary/aromatic N) is 3. The highest BCUT2D eigenvalue weighted by Gasteiger charge is 2.69. The molecule has 0 radical (unpaired) electrons. The summed E-state index contributed by atoms with van der Waals surface area (Å²) in [5.74, 6) is 0.200. The maximum Gasteiger partial charge on any atom is 0.269 e. The smallest absolute Gasteiger partial charge is 0.269 e. The zero-order chi connectivity index (χ0) is 54.3. The van der Waals surface area contributed by atoms with E-state index in [1.54, 1.807) is 47.8 Å². The number of nitro benzene ring substituents is 3. The summed E-state index contributed by atoms with van der Waals surface area (Å²) < 4.78 is -1.59. The molecule has 0 bridgehead atoms. The highest BCUT2D eigenvalue weighted by atomic mass is 32.2. The zero-order valence-corrected chi connectivity index (χ0v) is 45.0. The number of imide groups is 2. The Kier molecular flexibility index (Phi) is 21.2. The summed E-state index contributed by atoms with van der Waals surface area (Å²) in [7, 11) is 0. The number of hydrogen-bond donors (Lipinski definition) is 3. The molecule has 3 N–H and O–H groups in total. The first-order chi connectivity index (χ1) is 36.0. The minimum Gasteiger partial charge on any atom is -0.344 e. The van der Waals surface area contributed by atoms with Crippen LogP contribution in [0.3, 0.4) is 0 Å². The van der Waals surface area contributed by atoms with Gasteiger partial charge in [0.1, 0.15) is 9.49 Å². The fourth-order valence-corrected chi connectivity index (χ4v) is 14.7. The predicted octanol–water partition coefficient (Wildman–Crippen LogP) is 10.7. The van der Waals surface area contributed by atoms with Gasteiger partial charge in [-0.05, 0) is 66.1 Å². The number of rotatable bonds is 24. The normalized spacial score (nSPS) is 24.3. The molecule has 1 unspecified atom stereocenters. The average Bonchev–Trinajstić information content (AvgIpc) is 3.58. The first kappa shape index (κ1) is 58.3. The number of hydrogen-bond acceptors (Lipinski definition) is 15. The van der Waals surface area contributed by atoms with Crippen molar-refractivity contribution in [2.24, 2.45) is 11.8 Å². The minimum atomic E-state index is -0.793. The third kappa shape index (κ3) is 13.7. The monoisotopic (exact) mass is 1090 g/mol. The third-order valence-corrected chi connectivity index (χ3v) is 19.0. The number of allylic oxidation sites excluding steroid dienone is 1. The van der Waals surface area contributed by atoms with Gasteiger partial charge in [-0.2, -0.15) is 0 Å². The molecule has 5 amide bonds. The highest BCUT2D eigenvalue weighted by molar-refractivity contribution is 8.04. The summed E-state index contributed by atoms with van der Waals surface area (Å²) in [6, 6.07) is 18.4. The zero-order valence-electron chi connectivity index (χ0n) is 42.6. The lowest BCUT2D eigenvalue weighted by molar-refractivity contribution is -0.385. The number of carbonyl (C=O) groups is 6. The summed E-state index contributed by atoms with van der Waals surface area (Å²) >= 11 is 4.51. The van der Waals surface area contributed by atoms with Gasteiger partial charge in [0.15, 0.2) is 5.78 Å². The van der Waals surface area contributed by atoms with E-state index in [1.807, 2.05) is 12.1 Å². The molecule has 402 valence electrons. The van der Waals surface area contributed by atoms with Crippen LogP contribution in [0.25, 0.3) is 0 Å². The number of nitrogens with one attached hydrogen (secondary N) is 3. The molecule has 3 heterocycles. The number of nitro groups is 3. The van der Waals surface area contributed by atoms with Gasteiger partial charge in [0.2, 0.25) is 23.6 Å². The van der Waals surface area contributed by atoms with Crippen molar-refractivity contribution < 1.29 is 43.5 Å². The summed E-state index contributed by atoms with van der Waals surface area (Å²) in [4.78, 5) is 106. The van der Waals surface area contributed by atoms with Crippen LogP contribution >= 0.6 is 35.3 Å². The van der Waals surface area contributed by atoms with Crippen molar-refractivity contribution in [1.29, 1.82) is 0 Å². The van der Waals surface area contributed by atoms with Crippen LogP contribution in [-0.2, 0) is 28.8 Å². The molecule has 0 aromatic heterocycles. The number of unbranched alkanes of at least 4 members (excludes halogenated alkanes) is 9. The van der Waals surface area contributed by atoms with Crippen LogP contribution in [0.5, 0.6) is 0 Å². The number of carbonyl (C=O) groups excluding carboxylic acids is 6. The summed E-state index contributed by atoms with van der Waals surface area (Å²) in [6.45, 7) is 6.44. The van der Waals surface area contributed by atoms with Gasteiger partial charge in [0, 0.05) is 60.7 Å². The van der Waals surface area contributed by atoms with E-state index >= 15 is 0 Å².